The number of sulfone groups is 1. The largest absolute Gasteiger partial charge is 0.264 e. The molecule has 0 fully saturated rings. The van der Waals surface area contributed by atoms with Crippen LogP contribution in [0.2, 0.25) is 0 Å². The van der Waals surface area contributed by atoms with Gasteiger partial charge < -0.3 is 0 Å². The summed E-state index contributed by atoms with van der Waals surface area (Å²) < 4.78 is 66.6. The second kappa shape index (κ2) is 8.17. The van der Waals surface area contributed by atoms with Gasteiger partial charge in [0.1, 0.15) is 11.1 Å². The number of hydrogen-bond acceptors (Lipinski definition) is 5. The van der Waals surface area contributed by atoms with Crippen LogP contribution in [0.5, 0.6) is 0 Å². The summed E-state index contributed by atoms with van der Waals surface area (Å²) >= 11 is 0. The molecule has 2 aromatic carbocycles. The highest BCUT2D eigenvalue weighted by molar-refractivity contribution is 7.92. The SMILES string of the molecule is O=S(=O)(NCC(c1cccnc1)S(=O)(=O)c1ccccc1)c1ccc(F)cc1. The molecule has 0 amide bonds. The molecule has 1 N–H and O–H groups in total. The monoisotopic (exact) mass is 420 g/mol. The fourth-order valence-electron chi connectivity index (χ4n) is 2.63. The minimum atomic E-state index is -4.02. The van der Waals surface area contributed by atoms with Crippen LogP contribution in [0.3, 0.4) is 0 Å². The van der Waals surface area contributed by atoms with Crippen molar-refractivity contribution in [2.75, 3.05) is 6.54 Å². The standard InChI is InChI=1S/C19H17FN2O4S2/c20-16-8-10-18(11-9-16)28(25,26)22-14-19(15-5-4-12-21-13-15)27(23,24)17-6-2-1-3-7-17/h1-13,19,22H,14H2. The third-order valence-corrected chi connectivity index (χ3v) is 7.64. The van der Waals surface area contributed by atoms with Crippen LogP contribution in [-0.4, -0.2) is 28.4 Å². The van der Waals surface area contributed by atoms with Gasteiger partial charge in [-0.05, 0) is 48.0 Å². The van der Waals surface area contributed by atoms with Crippen molar-refractivity contribution in [2.24, 2.45) is 0 Å². The highest BCUT2D eigenvalue weighted by Crippen LogP contribution is 2.28. The number of pyridine rings is 1. The first kappa shape index (κ1) is 20.1. The summed E-state index contributed by atoms with van der Waals surface area (Å²) in [6.45, 7) is -0.400. The van der Waals surface area contributed by atoms with Crippen molar-refractivity contribution < 1.29 is 21.2 Å². The summed E-state index contributed by atoms with van der Waals surface area (Å²) in [6.07, 6.45) is 2.88. The molecule has 0 saturated carbocycles. The van der Waals surface area contributed by atoms with Crippen LogP contribution in [0, 0.1) is 5.82 Å². The van der Waals surface area contributed by atoms with Gasteiger partial charge in [-0.1, -0.05) is 24.3 Å². The van der Waals surface area contributed by atoms with Gasteiger partial charge in [-0.2, -0.15) is 0 Å². The summed E-state index contributed by atoms with van der Waals surface area (Å²) in [5.74, 6) is -0.571. The van der Waals surface area contributed by atoms with Crippen LogP contribution in [0.4, 0.5) is 4.39 Å². The molecular weight excluding hydrogens is 403 g/mol. The zero-order valence-corrected chi connectivity index (χ0v) is 16.2. The molecule has 28 heavy (non-hydrogen) atoms. The Hall–Kier alpha value is -2.62. The van der Waals surface area contributed by atoms with Gasteiger partial charge in [-0.3, -0.25) is 4.98 Å². The predicted octanol–water partition coefficient (Wildman–Crippen LogP) is 2.71. The molecule has 0 spiro atoms. The van der Waals surface area contributed by atoms with Crippen molar-refractivity contribution in [3.8, 4) is 0 Å². The van der Waals surface area contributed by atoms with Gasteiger partial charge in [0.15, 0.2) is 9.84 Å². The van der Waals surface area contributed by atoms with E-state index in [-0.39, 0.29) is 9.79 Å². The quantitative estimate of drug-likeness (QED) is 0.634. The van der Waals surface area contributed by atoms with E-state index < -0.39 is 37.5 Å². The molecule has 6 nitrogen and oxygen atoms in total. The van der Waals surface area contributed by atoms with Gasteiger partial charge in [0.25, 0.3) is 0 Å². The number of rotatable bonds is 7. The number of benzene rings is 2. The molecule has 3 rings (SSSR count). The first-order valence-electron chi connectivity index (χ1n) is 8.25. The zero-order chi connectivity index (χ0) is 20.2. The molecular formula is C19H17FN2O4S2. The summed E-state index contributed by atoms with van der Waals surface area (Å²) in [7, 11) is -7.92. The molecule has 9 heteroatoms. The molecule has 146 valence electrons. The van der Waals surface area contributed by atoms with Crippen LogP contribution >= 0.6 is 0 Å². The Morgan fingerprint density at radius 3 is 2.14 bits per heavy atom. The Morgan fingerprint density at radius 2 is 1.54 bits per heavy atom. The number of hydrogen-bond donors (Lipinski definition) is 1. The van der Waals surface area contributed by atoms with Crippen molar-refractivity contribution in [1.29, 1.82) is 0 Å². The molecule has 0 aliphatic rings. The molecule has 0 aliphatic heterocycles. The molecule has 1 aromatic heterocycles. The second-order valence-corrected chi connectivity index (χ2v) is 9.84. The first-order valence-corrected chi connectivity index (χ1v) is 11.3. The Morgan fingerprint density at radius 1 is 0.857 bits per heavy atom. The summed E-state index contributed by atoms with van der Waals surface area (Å²) in [5.41, 5.74) is 0.355. The van der Waals surface area contributed by atoms with E-state index in [2.05, 4.69) is 9.71 Å². The highest BCUT2D eigenvalue weighted by Gasteiger charge is 2.31. The van der Waals surface area contributed by atoms with E-state index in [1.807, 2.05) is 0 Å². The average Bonchev–Trinajstić information content (AvgIpc) is 2.70. The van der Waals surface area contributed by atoms with Gasteiger partial charge in [0, 0.05) is 18.9 Å². The predicted molar refractivity (Wildman–Crippen MR) is 102 cm³/mol. The van der Waals surface area contributed by atoms with Crippen LogP contribution in [0.15, 0.2) is 88.9 Å². The van der Waals surface area contributed by atoms with E-state index in [0.717, 1.165) is 24.3 Å². The van der Waals surface area contributed by atoms with Gasteiger partial charge >= 0.3 is 0 Å². The van der Waals surface area contributed by atoms with Crippen LogP contribution in [0.1, 0.15) is 10.8 Å². The van der Waals surface area contributed by atoms with E-state index in [0.29, 0.717) is 5.56 Å². The fraction of sp³-hybridized carbons (Fsp3) is 0.105. The maximum Gasteiger partial charge on any atom is 0.240 e. The van der Waals surface area contributed by atoms with Gasteiger partial charge in [0.05, 0.1) is 9.79 Å². The Kier molecular flexibility index (Phi) is 5.87. The minimum Gasteiger partial charge on any atom is -0.264 e. The Balaban J connectivity index is 1.94. The zero-order valence-electron chi connectivity index (χ0n) is 14.6. The summed E-state index contributed by atoms with van der Waals surface area (Å²) in [5, 5.41) is -1.18. The van der Waals surface area contributed by atoms with Gasteiger partial charge in [0.2, 0.25) is 10.0 Å². The lowest BCUT2D eigenvalue weighted by Gasteiger charge is -2.19. The van der Waals surface area contributed by atoms with E-state index in [1.165, 1.54) is 24.5 Å². The third kappa shape index (κ3) is 4.44. The average molecular weight is 420 g/mol. The summed E-state index contributed by atoms with van der Waals surface area (Å²) in [4.78, 5) is 3.86. The molecule has 1 unspecified atom stereocenters. The molecule has 0 aliphatic carbocycles. The van der Waals surface area contributed by atoms with E-state index in [4.69, 9.17) is 0 Å². The van der Waals surface area contributed by atoms with Gasteiger partial charge in [-0.25, -0.2) is 25.9 Å². The lowest BCUT2D eigenvalue weighted by molar-refractivity contribution is 0.568. The molecule has 0 bridgehead atoms. The smallest absolute Gasteiger partial charge is 0.240 e. The topological polar surface area (TPSA) is 93.2 Å². The number of halogens is 1. The number of sulfonamides is 1. The maximum absolute atomic E-state index is 13.1. The van der Waals surface area contributed by atoms with Crippen LogP contribution in [0.25, 0.3) is 0 Å². The Bertz CT molecular complexity index is 1140. The first-order chi connectivity index (χ1) is 13.3. The van der Waals surface area contributed by atoms with E-state index in [1.54, 1.807) is 30.3 Å². The lowest BCUT2D eigenvalue weighted by atomic mass is 10.2. The van der Waals surface area contributed by atoms with Crippen molar-refractivity contribution in [2.45, 2.75) is 15.0 Å². The highest BCUT2D eigenvalue weighted by atomic mass is 32.2. The molecule has 3 aromatic rings. The lowest BCUT2D eigenvalue weighted by Crippen LogP contribution is -2.32. The normalized spacial score (nSPS) is 13.2. The molecule has 0 saturated heterocycles. The summed E-state index contributed by atoms with van der Waals surface area (Å²) in [6, 6.07) is 15.2. The number of aromatic nitrogens is 1. The third-order valence-electron chi connectivity index (χ3n) is 4.09. The van der Waals surface area contributed by atoms with E-state index >= 15 is 0 Å². The Labute approximate surface area is 163 Å². The number of nitrogens with zero attached hydrogens (tertiary/aromatic N) is 1. The fourth-order valence-corrected chi connectivity index (χ4v) is 5.45. The van der Waals surface area contributed by atoms with Crippen molar-refractivity contribution >= 4 is 19.9 Å². The van der Waals surface area contributed by atoms with Crippen molar-refractivity contribution in [3.05, 3.63) is 90.5 Å². The van der Waals surface area contributed by atoms with Crippen molar-refractivity contribution in [3.63, 3.8) is 0 Å². The van der Waals surface area contributed by atoms with Gasteiger partial charge in [-0.15, -0.1) is 0 Å². The van der Waals surface area contributed by atoms with Crippen LogP contribution < -0.4 is 4.72 Å². The second-order valence-electron chi connectivity index (χ2n) is 5.94. The number of nitrogens with one attached hydrogen (secondary N) is 1. The van der Waals surface area contributed by atoms with E-state index in [9.17, 15) is 21.2 Å². The molecule has 1 atom stereocenters. The van der Waals surface area contributed by atoms with Crippen molar-refractivity contribution in [1.82, 2.24) is 9.71 Å². The molecule has 1 heterocycles. The molecule has 0 radical (unpaired) electrons. The maximum atomic E-state index is 13.1. The minimum absolute atomic E-state index is 0.0739. The van der Waals surface area contributed by atoms with Crippen LogP contribution in [-0.2, 0) is 19.9 Å².